The predicted molar refractivity (Wildman–Crippen MR) is 221 cm³/mol. The zero-order chi connectivity index (χ0) is 42.7. The molecule has 2 aromatic heterocycles. The largest absolute Gasteiger partial charge is 0.493 e. The number of nitrogens with one attached hydrogen (secondary N) is 3. The highest BCUT2D eigenvalue weighted by Crippen LogP contribution is 2.30. The molecule has 4 aromatic rings. The standard InChI is InChI=1S/C40H52N6O12S2/c1-29(32-8-5-12-35(24-32)58-33-9-2-3-10-33)43-59(51,52)22-17-38(57-28-45-19-16-37(48)42-40(45)50)46(25-31-7-4-11-34(23-31)56-26-30-13-14-30)60(53,54)21-6-20-55-27-44-18-15-36(47)41-39(44)49/h4-5,7-8,11-12,15-16,18-19,23-24,29-30,33,38,43H,2-3,6,9-10,13-14,17,20-22,25-28H2,1H3,(H,41,47,49)(H,42,48,50)/t29?,38-/m1/s1. The fourth-order valence-electron chi connectivity index (χ4n) is 6.69. The third-order valence-corrected chi connectivity index (χ3v) is 13.5. The van der Waals surface area contributed by atoms with Crippen molar-refractivity contribution < 1.29 is 35.8 Å². The highest BCUT2D eigenvalue weighted by atomic mass is 32.2. The predicted octanol–water partition coefficient (Wildman–Crippen LogP) is 2.76. The molecule has 60 heavy (non-hydrogen) atoms. The molecule has 0 saturated heterocycles. The summed E-state index contributed by atoms with van der Waals surface area (Å²) in [6.07, 6.45) is 7.03. The zero-order valence-electron chi connectivity index (χ0n) is 33.4. The Morgan fingerprint density at radius 1 is 0.817 bits per heavy atom. The number of hydrogen-bond acceptors (Lipinski definition) is 12. The van der Waals surface area contributed by atoms with Crippen molar-refractivity contribution in [3.63, 3.8) is 0 Å². The van der Waals surface area contributed by atoms with Crippen LogP contribution in [0.5, 0.6) is 11.5 Å². The van der Waals surface area contributed by atoms with Crippen molar-refractivity contribution in [2.75, 3.05) is 24.7 Å². The molecule has 3 N–H and O–H groups in total. The molecule has 2 aliphatic carbocycles. The summed E-state index contributed by atoms with van der Waals surface area (Å²) in [4.78, 5) is 52.1. The SMILES string of the molecule is CC(NS(=O)(=O)CC[C@@H](OCn1ccc(=O)[nH]c1=O)N(Cc1cccc(OCC2CC2)c1)S(=O)(=O)CCCOCn1ccc(=O)[nH]c1=O)c1cccc(OC2CCCC2)c1. The quantitative estimate of drug-likeness (QED) is 0.0682. The summed E-state index contributed by atoms with van der Waals surface area (Å²) in [6, 6.07) is 15.8. The lowest BCUT2D eigenvalue weighted by molar-refractivity contribution is -0.0597. The Hall–Kier alpha value is -4.86. The smallest absolute Gasteiger partial charge is 0.330 e. The van der Waals surface area contributed by atoms with Gasteiger partial charge in [-0.05, 0) is 93.2 Å². The number of hydrogen-bond donors (Lipinski definition) is 3. The molecule has 0 radical (unpaired) electrons. The van der Waals surface area contributed by atoms with Gasteiger partial charge in [0, 0.05) is 50.1 Å². The van der Waals surface area contributed by atoms with Gasteiger partial charge in [-0.2, -0.15) is 4.31 Å². The molecule has 6 rings (SSSR count). The Balaban J connectivity index is 1.21. The van der Waals surface area contributed by atoms with Gasteiger partial charge < -0.3 is 18.9 Å². The number of ether oxygens (including phenoxy) is 4. The van der Waals surface area contributed by atoms with Crippen LogP contribution in [-0.2, 0) is 49.5 Å². The number of sulfonamides is 2. The minimum atomic E-state index is -4.28. The molecule has 326 valence electrons. The van der Waals surface area contributed by atoms with Crippen molar-refractivity contribution in [3.05, 3.63) is 126 Å². The van der Waals surface area contributed by atoms with Gasteiger partial charge in [-0.25, -0.2) is 31.1 Å². The van der Waals surface area contributed by atoms with E-state index in [9.17, 15) is 36.0 Å². The second kappa shape index (κ2) is 20.6. The van der Waals surface area contributed by atoms with Crippen LogP contribution in [0.3, 0.4) is 0 Å². The van der Waals surface area contributed by atoms with Crippen molar-refractivity contribution >= 4 is 20.0 Å². The van der Waals surface area contributed by atoms with E-state index in [-0.39, 0.29) is 38.8 Å². The Bertz CT molecular complexity index is 2510. The Kier molecular flexibility index (Phi) is 15.3. The molecule has 0 bridgehead atoms. The zero-order valence-corrected chi connectivity index (χ0v) is 35.0. The lowest BCUT2D eigenvalue weighted by Crippen LogP contribution is -2.45. The summed E-state index contributed by atoms with van der Waals surface area (Å²) in [5.41, 5.74) is -1.50. The van der Waals surface area contributed by atoms with Gasteiger partial charge in [0.25, 0.3) is 11.1 Å². The number of nitrogens with zero attached hydrogens (tertiary/aromatic N) is 3. The molecule has 2 heterocycles. The number of aromatic nitrogens is 4. The van der Waals surface area contributed by atoms with Crippen molar-refractivity contribution in [1.82, 2.24) is 28.1 Å². The van der Waals surface area contributed by atoms with Gasteiger partial charge in [0.2, 0.25) is 20.0 Å². The Morgan fingerprint density at radius 3 is 2.17 bits per heavy atom. The maximum atomic E-state index is 14.3. The normalized spacial score (nSPS) is 15.9. The van der Waals surface area contributed by atoms with Crippen LogP contribution in [0.1, 0.15) is 75.5 Å². The molecule has 1 unspecified atom stereocenters. The fraction of sp³-hybridized carbons (Fsp3) is 0.500. The Morgan fingerprint density at radius 2 is 1.48 bits per heavy atom. The lowest BCUT2D eigenvalue weighted by atomic mass is 10.1. The first-order chi connectivity index (χ1) is 28.7. The molecular weight excluding hydrogens is 821 g/mol. The van der Waals surface area contributed by atoms with Crippen molar-refractivity contribution in [2.45, 2.75) is 96.7 Å². The first-order valence-corrected chi connectivity index (χ1v) is 23.3. The average molecular weight is 873 g/mol. The van der Waals surface area contributed by atoms with Crippen molar-refractivity contribution in [3.8, 4) is 11.5 Å². The monoisotopic (exact) mass is 872 g/mol. The number of benzene rings is 2. The van der Waals surface area contributed by atoms with E-state index < -0.39 is 73.1 Å². The van der Waals surface area contributed by atoms with Crippen LogP contribution in [0.25, 0.3) is 0 Å². The average Bonchev–Trinajstić information content (AvgIpc) is 3.90. The number of H-pyrrole nitrogens is 2. The maximum absolute atomic E-state index is 14.3. The van der Waals surface area contributed by atoms with Crippen LogP contribution < -0.4 is 36.7 Å². The minimum Gasteiger partial charge on any atom is -0.493 e. The summed E-state index contributed by atoms with van der Waals surface area (Å²) in [5, 5.41) is 0. The summed E-state index contributed by atoms with van der Waals surface area (Å²) < 4.78 is 85.7. The fourth-order valence-corrected chi connectivity index (χ4v) is 9.58. The molecular formula is C40H52N6O12S2. The molecule has 18 nitrogen and oxygen atoms in total. The highest BCUT2D eigenvalue weighted by Gasteiger charge is 2.33. The van der Waals surface area contributed by atoms with Crippen LogP contribution in [0.4, 0.5) is 0 Å². The lowest BCUT2D eigenvalue weighted by Gasteiger charge is -2.31. The van der Waals surface area contributed by atoms with Crippen molar-refractivity contribution in [1.29, 1.82) is 0 Å². The van der Waals surface area contributed by atoms with Crippen LogP contribution in [0.2, 0.25) is 0 Å². The number of rotatable bonds is 24. The van der Waals surface area contributed by atoms with Gasteiger partial charge in [0.15, 0.2) is 0 Å². The van der Waals surface area contributed by atoms with Crippen LogP contribution in [-0.4, -0.2) is 77.3 Å². The van der Waals surface area contributed by atoms with E-state index in [0.717, 1.165) is 64.1 Å². The highest BCUT2D eigenvalue weighted by molar-refractivity contribution is 7.89. The molecule has 2 aromatic carbocycles. The molecule has 2 atom stereocenters. The van der Waals surface area contributed by atoms with Gasteiger partial charge in [0.1, 0.15) is 31.2 Å². The number of aromatic amines is 2. The van der Waals surface area contributed by atoms with E-state index in [1.165, 1.54) is 12.4 Å². The summed E-state index contributed by atoms with van der Waals surface area (Å²) in [5.74, 6) is 0.630. The van der Waals surface area contributed by atoms with Crippen LogP contribution in [0.15, 0.2) is 92.2 Å². The topological polar surface area (TPSA) is 230 Å². The molecule has 20 heteroatoms. The third-order valence-electron chi connectivity index (χ3n) is 10.2. The first kappa shape index (κ1) is 44.7. The molecule has 0 aliphatic heterocycles. The summed E-state index contributed by atoms with van der Waals surface area (Å²) in [6.45, 7) is 1.12. The maximum Gasteiger partial charge on any atom is 0.330 e. The minimum absolute atomic E-state index is 0.0333. The van der Waals surface area contributed by atoms with E-state index in [2.05, 4.69) is 14.7 Å². The molecule has 2 saturated carbocycles. The van der Waals surface area contributed by atoms with Gasteiger partial charge >= 0.3 is 11.4 Å². The van der Waals surface area contributed by atoms with E-state index >= 15 is 0 Å². The van der Waals surface area contributed by atoms with Crippen LogP contribution >= 0.6 is 0 Å². The van der Waals surface area contributed by atoms with Gasteiger partial charge in [-0.15, -0.1) is 0 Å². The third kappa shape index (κ3) is 13.6. The van der Waals surface area contributed by atoms with Gasteiger partial charge in [-0.3, -0.25) is 28.7 Å². The summed E-state index contributed by atoms with van der Waals surface area (Å²) in [7, 11) is -8.36. The van der Waals surface area contributed by atoms with E-state index in [1.807, 2.05) is 6.07 Å². The second-order valence-corrected chi connectivity index (χ2v) is 19.0. The summed E-state index contributed by atoms with van der Waals surface area (Å²) >= 11 is 0. The second-order valence-electron chi connectivity index (χ2n) is 15.1. The molecule has 0 amide bonds. The first-order valence-electron chi connectivity index (χ1n) is 20.0. The van der Waals surface area contributed by atoms with Crippen LogP contribution in [0, 0.1) is 5.92 Å². The molecule has 2 aliphatic rings. The van der Waals surface area contributed by atoms with E-state index in [1.54, 1.807) is 49.4 Å². The Labute approximate surface area is 347 Å². The van der Waals surface area contributed by atoms with E-state index in [4.69, 9.17) is 18.9 Å². The van der Waals surface area contributed by atoms with E-state index in [0.29, 0.717) is 35.2 Å². The van der Waals surface area contributed by atoms with Gasteiger partial charge in [0.05, 0.1) is 24.2 Å². The molecule has 0 spiro atoms. The molecule has 2 fully saturated rings. The van der Waals surface area contributed by atoms with Gasteiger partial charge in [-0.1, -0.05) is 24.3 Å². The van der Waals surface area contributed by atoms with Crippen molar-refractivity contribution in [2.24, 2.45) is 5.92 Å².